The molecule has 0 bridgehead atoms. The zero-order chi connectivity index (χ0) is 13.2. The first-order valence-electron chi connectivity index (χ1n) is 6.54. The summed E-state index contributed by atoms with van der Waals surface area (Å²) in [4.78, 5) is 17.6. The van der Waals surface area contributed by atoms with Crippen molar-refractivity contribution < 1.29 is 9.90 Å². The van der Waals surface area contributed by atoms with E-state index in [1.54, 1.807) is 0 Å². The highest BCUT2D eigenvalue weighted by Crippen LogP contribution is 2.39. The Morgan fingerprint density at radius 3 is 2.50 bits per heavy atom. The molecule has 2 rings (SSSR count). The summed E-state index contributed by atoms with van der Waals surface area (Å²) in [7, 11) is 0. The van der Waals surface area contributed by atoms with Crippen LogP contribution in [0.1, 0.15) is 49.2 Å². The summed E-state index contributed by atoms with van der Waals surface area (Å²) in [5, 5.41) is 9.76. The van der Waals surface area contributed by atoms with Crippen LogP contribution in [0.4, 0.5) is 5.13 Å². The van der Waals surface area contributed by atoms with Crippen molar-refractivity contribution in [3.05, 3.63) is 11.1 Å². The second kappa shape index (κ2) is 5.26. The maximum atomic E-state index is 10.8. The summed E-state index contributed by atoms with van der Waals surface area (Å²) in [5.41, 5.74) is 0.489. The van der Waals surface area contributed by atoms with Crippen LogP contribution in [0.5, 0.6) is 0 Å². The first-order valence-corrected chi connectivity index (χ1v) is 7.36. The van der Waals surface area contributed by atoms with E-state index in [2.05, 4.69) is 23.7 Å². The van der Waals surface area contributed by atoms with Gasteiger partial charge >= 0.3 is 5.97 Å². The Balaban J connectivity index is 2.02. The lowest BCUT2D eigenvalue weighted by Crippen LogP contribution is -2.39. The summed E-state index contributed by atoms with van der Waals surface area (Å²) in [6, 6.07) is 0. The second-order valence-electron chi connectivity index (χ2n) is 5.01. The van der Waals surface area contributed by atoms with Gasteiger partial charge in [-0.2, -0.15) is 0 Å². The molecule has 0 saturated carbocycles. The molecule has 1 aromatic rings. The molecule has 5 heteroatoms. The molecule has 1 fully saturated rings. The fraction of sp³-hybridized carbons (Fsp3) is 0.692. The second-order valence-corrected chi connectivity index (χ2v) is 6.02. The minimum absolute atomic E-state index is 0.327. The third kappa shape index (κ3) is 2.51. The first-order chi connectivity index (χ1) is 8.60. The van der Waals surface area contributed by atoms with Crippen molar-refractivity contribution in [2.45, 2.75) is 39.5 Å². The molecule has 100 valence electrons. The normalized spacial score (nSPS) is 18.9. The number of hydrogen-bond donors (Lipinski definition) is 1. The lowest BCUT2D eigenvalue weighted by atomic mass is 9.74. The number of aromatic nitrogens is 1. The minimum atomic E-state index is -0.882. The summed E-state index contributed by atoms with van der Waals surface area (Å²) >= 11 is 1.28. The number of carbonyl (C=O) groups is 1. The van der Waals surface area contributed by atoms with E-state index in [0.29, 0.717) is 10.3 Å². The molecule has 1 aliphatic heterocycles. The standard InChI is InChI=1S/C13H20N2O2S/c1-3-13(4-2)5-7-15(8-6-13)12-14-9-10(18-12)11(16)17/h9H,3-8H2,1-2H3,(H,16,17). The maximum absolute atomic E-state index is 10.8. The van der Waals surface area contributed by atoms with E-state index in [4.69, 9.17) is 5.11 Å². The van der Waals surface area contributed by atoms with Crippen LogP contribution in [0.15, 0.2) is 6.20 Å². The molecule has 0 radical (unpaired) electrons. The van der Waals surface area contributed by atoms with Gasteiger partial charge < -0.3 is 10.0 Å². The number of piperidine rings is 1. The van der Waals surface area contributed by atoms with E-state index in [1.165, 1.54) is 43.2 Å². The molecule has 0 amide bonds. The third-order valence-corrected chi connectivity index (χ3v) is 5.35. The molecule has 0 aliphatic carbocycles. The van der Waals surface area contributed by atoms with Crippen molar-refractivity contribution in [1.82, 2.24) is 4.98 Å². The Hall–Kier alpha value is -1.10. The number of carboxylic acid groups (broad SMARTS) is 1. The third-order valence-electron chi connectivity index (χ3n) is 4.30. The zero-order valence-corrected chi connectivity index (χ0v) is 11.8. The molecule has 1 saturated heterocycles. The van der Waals surface area contributed by atoms with Crippen LogP contribution in [-0.4, -0.2) is 29.1 Å². The quantitative estimate of drug-likeness (QED) is 0.910. The largest absolute Gasteiger partial charge is 0.477 e. The molecule has 1 aromatic heterocycles. The highest BCUT2D eigenvalue weighted by Gasteiger charge is 2.32. The van der Waals surface area contributed by atoms with Gasteiger partial charge in [0, 0.05) is 13.1 Å². The van der Waals surface area contributed by atoms with Gasteiger partial charge in [-0.1, -0.05) is 38.0 Å². The smallest absolute Gasteiger partial charge is 0.347 e. The van der Waals surface area contributed by atoms with E-state index in [0.717, 1.165) is 18.2 Å². The van der Waals surface area contributed by atoms with Crippen LogP contribution >= 0.6 is 11.3 Å². The van der Waals surface area contributed by atoms with Crippen molar-refractivity contribution >= 4 is 22.4 Å². The number of carboxylic acids is 1. The fourth-order valence-corrected chi connectivity index (χ4v) is 3.45. The lowest BCUT2D eigenvalue weighted by molar-refractivity contribution is 0.0702. The van der Waals surface area contributed by atoms with Gasteiger partial charge in [0.1, 0.15) is 4.88 Å². The van der Waals surface area contributed by atoms with Crippen molar-refractivity contribution in [3.8, 4) is 0 Å². The SMILES string of the molecule is CCC1(CC)CCN(c2ncc(C(=O)O)s2)CC1. The van der Waals surface area contributed by atoms with Gasteiger partial charge in [-0.15, -0.1) is 0 Å². The van der Waals surface area contributed by atoms with Gasteiger partial charge in [0.15, 0.2) is 5.13 Å². The van der Waals surface area contributed by atoms with Gasteiger partial charge in [0.2, 0.25) is 0 Å². The molecule has 0 atom stereocenters. The summed E-state index contributed by atoms with van der Waals surface area (Å²) in [5.74, 6) is -0.882. The van der Waals surface area contributed by atoms with Crippen molar-refractivity contribution in [2.24, 2.45) is 5.41 Å². The Labute approximate surface area is 112 Å². The fourth-order valence-electron chi connectivity index (χ4n) is 2.64. The topological polar surface area (TPSA) is 53.4 Å². The molecule has 2 heterocycles. The zero-order valence-electron chi connectivity index (χ0n) is 11.0. The number of hydrogen-bond acceptors (Lipinski definition) is 4. The molecule has 0 unspecified atom stereocenters. The van der Waals surface area contributed by atoms with E-state index >= 15 is 0 Å². The predicted octanol–water partition coefficient (Wildman–Crippen LogP) is 3.25. The number of thiazole rings is 1. The maximum Gasteiger partial charge on any atom is 0.347 e. The summed E-state index contributed by atoms with van der Waals surface area (Å²) in [6.45, 7) is 6.53. The molecular formula is C13H20N2O2S. The summed E-state index contributed by atoms with van der Waals surface area (Å²) in [6.07, 6.45) is 6.29. The average Bonchev–Trinajstić information content (AvgIpc) is 2.88. The predicted molar refractivity (Wildman–Crippen MR) is 73.5 cm³/mol. The monoisotopic (exact) mass is 268 g/mol. The van der Waals surface area contributed by atoms with Crippen LogP contribution in [0, 0.1) is 5.41 Å². The van der Waals surface area contributed by atoms with Gasteiger partial charge in [0.25, 0.3) is 0 Å². The van der Waals surface area contributed by atoms with Crippen LogP contribution < -0.4 is 4.90 Å². The minimum Gasteiger partial charge on any atom is -0.477 e. The number of anilines is 1. The van der Waals surface area contributed by atoms with Crippen LogP contribution in [0.2, 0.25) is 0 Å². The van der Waals surface area contributed by atoms with Gasteiger partial charge in [-0.3, -0.25) is 0 Å². The molecule has 0 spiro atoms. The van der Waals surface area contributed by atoms with E-state index in [1.807, 2.05) is 0 Å². The molecule has 4 nitrogen and oxygen atoms in total. The van der Waals surface area contributed by atoms with Crippen molar-refractivity contribution in [3.63, 3.8) is 0 Å². The molecule has 1 aliphatic rings. The number of aromatic carboxylic acids is 1. The average molecular weight is 268 g/mol. The Morgan fingerprint density at radius 2 is 2.06 bits per heavy atom. The van der Waals surface area contributed by atoms with Crippen molar-refractivity contribution in [2.75, 3.05) is 18.0 Å². The van der Waals surface area contributed by atoms with Crippen molar-refractivity contribution in [1.29, 1.82) is 0 Å². The Kier molecular flexibility index (Phi) is 3.90. The van der Waals surface area contributed by atoms with E-state index in [-0.39, 0.29) is 0 Å². The van der Waals surface area contributed by atoms with E-state index in [9.17, 15) is 4.79 Å². The number of rotatable bonds is 4. The van der Waals surface area contributed by atoms with Gasteiger partial charge in [-0.25, -0.2) is 9.78 Å². The number of nitrogens with zero attached hydrogens (tertiary/aromatic N) is 2. The van der Waals surface area contributed by atoms with Crippen LogP contribution in [0.25, 0.3) is 0 Å². The van der Waals surface area contributed by atoms with Crippen LogP contribution in [0.3, 0.4) is 0 Å². The Bertz CT molecular complexity index is 416. The summed E-state index contributed by atoms with van der Waals surface area (Å²) < 4.78 is 0. The highest BCUT2D eigenvalue weighted by atomic mass is 32.1. The molecular weight excluding hydrogens is 248 g/mol. The Morgan fingerprint density at radius 1 is 1.44 bits per heavy atom. The molecule has 1 N–H and O–H groups in total. The van der Waals surface area contributed by atoms with Crippen LogP contribution in [-0.2, 0) is 0 Å². The van der Waals surface area contributed by atoms with Gasteiger partial charge in [-0.05, 0) is 18.3 Å². The molecule has 18 heavy (non-hydrogen) atoms. The molecule has 0 aromatic carbocycles. The first kappa shape index (κ1) is 13.3. The highest BCUT2D eigenvalue weighted by molar-refractivity contribution is 7.17. The lowest BCUT2D eigenvalue weighted by Gasteiger charge is -2.40. The van der Waals surface area contributed by atoms with E-state index < -0.39 is 5.97 Å². The van der Waals surface area contributed by atoms with Gasteiger partial charge in [0.05, 0.1) is 6.20 Å².